The average Bonchev–Trinajstić information content (AvgIpc) is 3.16. The van der Waals surface area contributed by atoms with E-state index in [-0.39, 0.29) is 22.6 Å². The molecule has 4 rings (SSSR count). The van der Waals surface area contributed by atoms with Crippen molar-refractivity contribution in [1.29, 1.82) is 0 Å². The number of benzene rings is 2. The molecule has 1 atom stereocenters. The van der Waals surface area contributed by atoms with Crippen molar-refractivity contribution in [3.05, 3.63) is 77.1 Å². The van der Waals surface area contributed by atoms with Crippen LogP contribution in [0.2, 0.25) is 0 Å². The number of carbonyl (C=O) groups is 1. The first-order valence-corrected chi connectivity index (χ1v) is 9.27. The van der Waals surface area contributed by atoms with Gasteiger partial charge in [-0.2, -0.15) is 0 Å². The molecule has 0 aliphatic heterocycles. The molecular weight excluding hydrogens is 423 g/mol. The average molecular weight is 444 g/mol. The lowest BCUT2D eigenvalue weighted by atomic mass is 10.1. The molecule has 2 aromatic carbocycles. The number of rotatable bonds is 4. The molecule has 0 saturated heterocycles. The second-order valence-electron chi connectivity index (χ2n) is 7.01. The molecule has 4 N–H and O–H groups in total. The Morgan fingerprint density at radius 3 is 2.72 bits per heavy atom. The highest BCUT2D eigenvalue weighted by atomic mass is 19.2. The lowest BCUT2D eigenvalue weighted by molar-refractivity contribution is -0.124. The number of nitrogen functional groups attached to an aromatic ring is 1. The summed E-state index contributed by atoms with van der Waals surface area (Å²) in [5.41, 5.74) is 4.94. The van der Waals surface area contributed by atoms with Crippen molar-refractivity contribution in [1.82, 2.24) is 14.4 Å². The van der Waals surface area contributed by atoms with Gasteiger partial charge in [-0.3, -0.25) is 9.20 Å². The molecule has 2 heterocycles. The van der Waals surface area contributed by atoms with Crippen molar-refractivity contribution in [3.8, 4) is 11.3 Å². The summed E-state index contributed by atoms with van der Waals surface area (Å²) in [6.07, 6.45) is -0.485. The van der Waals surface area contributed by atoms with Crippen molar-refractivity contribution in [3.63, 3.8) is 0 Å². The van der Waals surface area contributed by atoms with Crippen molar-refractivity contribution < 1.29 is 27.2 Å². The highest BCUT2D eigenvalue weighted by Crippen LogP contribution is 2.33. The Bertz CT molecular complexity index is 1470. The minimum atomic E-state index is -2.70. The monoisotopic (exact) mass is 444 g/mol. The summed E-state index contributed by atoms with van der Waals surface area (Å²) >= 11 is 0. The maximum atomic E-state index is 15.1. The Hall–Kier alpha value is -3.92. The zero-order valence-corrected chi connectivity index (χ0v) is 16.5. The van der Waals surface area contributed by atoms with Crippen LogP contribution in [0.5, 0.6) is 0 Å². The van der Waals surface area contributed by atoms with E-state index in [1.807, 2.05) is 0 Å². The molecule has 164 valence electrons. The van der Waals surface area contributed by atoms with Crippen molar-refractivity contribution in [2.45, 2.75) is 19.9 Å². The number of aromatic nitrogens is 3. The highest BCUT2D eigenvalue weighted by Gasteiger charge is 2.24. The van der Waals surface area contributed by atoms with Crippen molar-refractivity contribution in [2.75, 3.05) is 11.1 Å². The number of halogens is 3. The zero-order chi connectivity index (χ0) is 25.7. The summed E-state index contributed by atoms with van der Waals surface area (Å²) in [6, 6.07) is 6.70. The van der Waals surface area contributed by atoms with Gasteiger partial charge in [0.1, 0.15) is 28.7 Å². The summed E-state index contributed by atoms with van der Waals surface area (Å²) in [7, 11) is 0. The van der Waals surface area contributed by atoms with Crippen LogP contribution in [-0.2, 0) is 4.79 Å². The fourth-order valence-corrected chi connectivity index (χ4v) is 3.31. The number of fused-ring (bicyclic) bond motifs is 1. The van der Waals surface area contributed by atoms with Gasteiger partial charge in [-0.15, -0.1) is 0 Å². The fourth-order valence-electron chi connectivity index (χ4n) is 3.31. The lowest BCUT2D eigenvalue weighted by Gasteiger charge is -2.13. The summed E-state index contributed by atoms with van der Waals surface area (Å²) in [4.78, 5) is 20.4. The maximum absolute atomic E-state index is 15.1. The number of aryl methyl sites for hydroxylation is 2. The van der Waals surface area contributed by atoms with Crippen LogP contribution in [0, 0.1) is 31.2 Å². The number of aliphatic hydroxyl groups is 1. The molecule has 10 heteroatoms. The number of nitrogens with zero attached hydrogens (tertiary/aromatic N) is 3. The van der Waals surface area contributed by atoms with Crippen LogP contribution in [0.25, 0.3) is 16.8 Å². The minimum Gasteiger partial charge on any atom is -0.382 e. The predicted molar refractivity (Wildman–Crippen MR) is 112 cm³/mol. The van der Waals surface area contributed by atoms with E-state index in [2.05, 4.69) is 15.3 Å². The number of anilines is 2. The third-order valence-electron chi connectivity index (χ3n) is 4.77. The third kappa shape index (κ3) is 3.65. The third-order valence-corrected chi connectivity index (χ3v) is 4.77. The van der Waals surface area contributed by atoms with Gasteiger partial charge in [-0.25, -0.2) is 23.1 Å². The van der Waals surface area contributed by atoms with Gasteiger partial charge in [-0.1, -0.05) is 12.1 Å². The molecule has 0 aliphatic rings. The molecule has 32 heavy (non-hydrogen) atoms. The van der Waals surface area contributed by atoms with Crippen LogP contribution < -0.4 is 11.1 Å². The molecule has 0 bridgehead atoms. The van der Waals surface area contributed by atoms with Gasteiger partial charge in [0.05, 0.1) is 11.4 Å². The summed E-state index contributed by atoms with van der Waals surface area (Å²) < 4.78 is 67.8. The number of imidazole rings is 1. The molecule has 0 spiro atoms. The van der Waals surface area contributed by atoms with Crippen LogP contribution in [-0.4, -0.2) is 25.4 Å². The minimum absolute atomic E-state index is 0.0293. The number of hydrogen-bond acceptors (Lipinski definition) is 5. The molecule has 0 fully saturated rings. The largest absolute Gasteiger partial charge is 0.382 e. The zero-order valence-electron chi connectivity index (χ0n) is 19.5. The number of nitrogens with two attached hydrogens (primary N) is 1. The second-order valence-corrected chi connectivity index (χ2v) is 7.01. The molecule has 0 aliphatic carbocycles. The first-order valence-electron chi connectivity index (χ1n) is 10.8. The molecule has 4 aromatic rings. The van der Waals surface area contributed by atoms with E-state index in [0.717, 1.165) is 28.7 Å². The molecule has 0 unspecified atom stereocenters. The topological polar surface area (TPSA) is 106 Å². The quantitative estimate of drug-likeness (QED) is 0.445. The van der Waals surface area contributed by atoms with Crippen molar-refractivity contribution in [2.24, 2.45) is 0 Å². The Kier molecular flexibility index (Phi) is 4.41. The highest BCUT2D eigenvalue weighted by molar-refractivity contribution is 5.95. The maximum Gasteiger partial charge on any atom is 0.257 e. The standard InChI is InChI=1S/C22H18F3N5O2/c1-10-9-30-11(2)28-18(19(30)21(26)27-10)14-6-7-15(17(25)16(14)24)29-22(32)20(31)12-4-3-5-13(23)8-12/h3-9,20,31H,1-2H3,(H2,26,27)(H,29,32)/t20-/m0/s1/i2D3. The SMILES string of the molecule is [2H]C([2H])([2H])c1nc(-c2ccc(NC(=O)[C@@H](O)c3cccc(F)c3)c(F)c2F)c2c(N)nc(C)cn12. The Morgan fingerprint density at radius 1 is 1.22 bits per heavy atom. The van der Waals surface area contributed by atoms with E-state index < -0.39 is 53.4 Å². The van der Waals surface area contributed by atoms with Crippen LogP contribution in [0.4, 0.5) is 24.7 Å². The van der Waals surface area contributed by atoms with E-state index >= 15 is 4.39 Å². The lowest BCUT2D eigenvalue weighted by Crippen LogP contribution is -2.21. The van der Waals surface area contributed by atoms with Gasteiger partial charge in [0.2, 0.25) is 0 Å². The van der Waals surface area contributed by atoms with Gasteiger partial charge in [0, 0.05) is 15.9 Å². The Balaban J connectivity index is 1.75. The van der Waals surface area contributed by atoms with Crippen molar-refractivity contribution >= 4 is 22.9 Å². The van der Waals surface area contributed by atoms with Gasteiger partial charge < -0.3 is 16.2 Å². The van der Waals surface area contributed by atoms with E-state index in [9.17, 15) is 18.7 Å². The molecule has 0 radical (unpaired) electrons. The smallest absolute Gasteiger partial charge is 0.257 e. The number of nitrogens with one attached hydrogen (secondary N) is 1. The van der Waals surface area contributed by atoms with Gasteiger partial charge in [0.15, 0.2) is 17.7 Å². The predicted octanol–water partition coefficient (Wildman–Crippen LogP) is 3.68. The summed E-state index contributed by atoms with van der Waals surface area (Å²) in [6.45, 7) is -1.12. The van der Waals surface area contributed by atoms with Gasteiger partial charge in [0.25, 0.3) is 5.91 Å². The fraction of sp³-hybridized carbons (Fsp3) is 0.136. The van der Waals surface area contributed by atoms with E-state index in [0.29, 0.717) is 5.69 Å². The van der Waals surface area contributed by atoms with Crippen LogP contribution in [0.3, 0.4) is 0 Å². The van der Waals surface area contributed by atoms with E-state index in [4.69, 9.17) is 9.85 Å². The first kappa shape index (κ1) is 17.7. The normalized spacial score (nSPS) is 14.0. The van der Waals surface area contributed by atoms with Gasteiger partial charge >= 0.3 is 0 Å². The summed E-state index contributed by atoms with van der Waals surface area (Å²) in [5.74, 6) is -5.31. The molecule has 7 nitrogen and oxygen atoms in total. The number of amides is 1. The Labute approximate surface area is 184 Å². The summed E-state index contributed by atoms with van der Waals surface area (Å²) in [5, 5.41) is 12.2. The van der Waals surface area contributed by atoms with E-state index in [1.165, 1.54) is 18.3 Å². The van der Waals surface area contributed by atoms with Crippen LogP contribution in [0.1, 0.15) is 27.3 Å². The molecule has 2 aromatic heterocycles. The van der Waals surface area contributed by atoms with Crippen LogP contribution in [0.15, 0.2) is 42.6 Å². The van der Waals surface area contributed by atoms with Gasteiger partial charge in [-0.05, 0) is 43.6 Å². The second kappa shape index (κ2) is 7.97. The van der Waals surface area contributed by atoms with E-state index in [1.54, 1.807) is 6.92 Å². The molecule has 1 amide bonds. The first-order chi connectivity index (χ1) is 16.4. The Morgan fingerprint density at radius 2 is 2.00 bits per heavy atom. The molecular formula is C22H18F3N5O2. The van der Waals surface area contributed by atoms with Crippen LogP contribution >= 0.6 is 0 Å². The number of hydrogen-bond donors (Lipinski definition) is 3. The molecule has 0 saturated carbocycles. The number of carbonyl (C=O) groups excluding carboxylic acids is 1. The number of aliphatic hydroxyl groups excluding tert-OH is 1.